The number of carbonyl (C=O) groups excluding carboxylic acids is 1. The first-order chi connectivity index (χ1) is 22.2. The second-order valence-electron chi connectivity index (χ2n) is 12.1. The Morgan fingerprint density at radius 1 is 0.978 bits per heavy atom. The number of carbonyl (C=O) groups is 1. The fourth-order valence-electron chi connectivity index (χ4n) is 6.31. The number of nitro benzene ring substituents is 1. The Labute approximate surface area is 265 Å². The largest absolute Gasteiger partial charge is 0.476 e. The Morgan fingerprint density at radius 3 is 2.48 bits per heavy atom. The smallest absolute Gasteiger partial charge is 0.293 e. The monoisotopic (exact) mass is 645 g/mol. The van der Waals surface area contributed by atoms with Crippen LogP contribution in [-0.4, -0.2) is 60.5 Å². The first-order valence-electron chi connectivity index (χ1n) is 15.6. The summed E-state index contributed by atoms with van der Waals surface area (Å²) >= 11 is 0. The second-order valence-corrected chi connectivity index (χ2v) is 13.8. The van der Waals surface area contributed by atoms with Crippen LogP contribution < -0.4 is 25.0 Å². The van der Waals surface area contributed by atoms with Crippen molar-refractivity contribution in [3.63, 3.8) is 0 Å². The summed E-state index contributed by atoms with van der Waals surface area (Å²) in [7, 11) is -4.46. The zero-order chi connectivity index (χ0) is 31.8. The molecule has 2 saturated carbocycles. The van der Waals surface area contributed by atoms with Gasteiger partial charge in [0.1, 0.15) is 17.0 Å². The van der Waals surface area contributed by atoms with Gasteiger partial charge in [-0.25, -0.2) is 13.1 Å². The van der Waals surface area contributed by atoms with Crippen LogP contribution in [0.4, 0.5) is 22.7 Å². The molecular weight excluding hydrogens is 610 g/mol. The topological polar surface area (TPSA) is 172 Å². The predicted molar refractivity (Wildman–Crippen MR) is 173 cm³/mol. The third kappa shape index (κ3) is 6.22. The van der Waals surface area contributed by atoms with Crippen LogP contribution in [0.15, 0.2) is 65.7 Å². The summed E-state index contributed by atoms with van der Waals surface area (Å²) in [6.45, 7) is 0.926. The minimum atomic E-state index is -4.46. The maximum absolute atomic E-state index is 13.6. The SMILES string of the molecule is O=C(NS(=O)(=O)c1ccc(NC2CCC(NC3CC3)CC2)c([N+](=O)[O-])c1)c1ccccc1N1CCCOc2nc3[nH]ccc3cc21. The number of aromatic nitrogens is 2. The van der Waals surface area contributed by atoms with Crippen molar-refractivity contribution in [3.8, 4) is 5.88 Å². The molecule has 0 unspecified atom stereocenters. The lowest BCUT2D eigenvalue weighted by atomic mass is 9.91. The third-order valence-electron chi connectivity index (χ3n) is 8.81. The summed E-state index contributed by atoms with van der Waals surface area (Å²) in [5, 5.41) is 19.8. The van der Waals surface area contributed by atoms with Gasteiger partial charge >= 0.3 is 0 Å². The van der Waals surface area contributed by atoms with Crippen LogP contribution in [-0.2, 0) is 10.0 Å². The number of hydrogen-bond donors (Lipinski definition) is 4. The van der Waals surface area contributed by atoms with Gasteiger partial charge in [0.25, 0.3) is 21.6 Å². The first-order valence-corrected chi connectivity index (χ1v) is 17.1. The van der Waals surface area contributed by atoms with Gasteiger partial charge in [0.2, 0.25) is 5.88 Å². The maximum atomic E-state index is 13.6. The highest BCUT2D eigenvalue weighted by Gasteiger charge is 2.31. The fourth-order valence-corrected chi connectivity index (χ4v) is 7.30. The number of nitrogens with one attached hydrogen (secondary N) is 4. The molecule has 46 heavy (non-hydrogen) atoms. The Kier molecular flexibility index (Phi) is 7.99. The standard InChI is InChI=1S/C32H35N7O6S/c40-31(25-4-1-2-5-27(25)38-16-3-17-45-32-29(38)18-20-14-15-33-30(20)36-32)37-46(43,44)24-12-13-26(28(19-24)39(41)42)35-23-10-8-22(9-11-23)34-21-6-7-21/h1-2,4-5,12-15,18-19,21-23,34-35H,3,6-11,16-17H2,(H,33,36)(H,37,40). The molecule has 0 spiro atoms. The number of rotatable bonds is 9. The molecule has 3 heterocycles. The zero-order valence-corrected chi connectivity index (χ0v) is 25.9. The Hall–Kier alpha value is -4.69. The van der Waals surface area contributed by atoms with E-state index in [1.54, 1.807) is 24.4 Å². The van der Waals surface area contributed by atoms with Crippen molar-refractivity contribution < 1.29 is 22.9 Å². The van der Waals surface area contributed by atoms with E-state index in [0.29, 0.717) is 54.6 Å². The number of para-hydroxylation sites is 1. The highest BCUT2D eigenvalue weighted by Crippen LogP contribution is 2.38. The lowest BCUT2D eigenvalue weighted by Gasteiger charge is -2.30. The number of H-pyrrole nitrogens is 1. The molecule has 2 aliphatic carbocycles. The van der Waals surface area contributed by atoms with Crippen LogP contribution >= 0.6 is 0 Å². The van der Waals surface area contributed by atoms with E-state index in [4.69, 9.17) is 4.74 Å². The molecule has 1 aliphatic heterocycles. The molecular formula is C32H35N7O6S. The Bertz CT molecular complexity index is 1900. The summed E-state index contributed by atoms with van der Waals surface area (Å²) in [5.74, 6) is -0.460. The van der Waals surface area contributed by atoms with Crippen LogP contribution in [0.5, 0.6) is 5.88 Å². The Morgan fingerprint density at radius 2 is 1.72 bits per heavy atom. The summed E-state index contributed by atoms with van der Waals surface area (Å²) in [6.07, 6.45) is 8.54. The van der Waals surface area contributed by atoms with E-state index in [9.17, 15) is 23.3 Å². The van der Waals surface area contributed by atoms with Crippen LogP contribution in [0.25, 0.3) is 11.0 Å². The van der Waals surface area contributed by atoms with Crippen molar-refractivity contribution >= 4 is 49.7 Å². The molecule has 3 aliphatic rings. The number of nitro groups is 1. The van der Waals surface area contributed by atoms with Crippen LogP contribution in [0.3, 0.4) is 0 Å². The summed E-state index contributed by atoms with van der Waals surface area (Å²) in [5.41, 5.74) is 1.81. The van der Waals surface area contributed by atoms with Crippen LogP contribution in [0.1, 0.15) is 55.3 Å². The van der Waals surface area contributed by atoms with E-state index in [2.05, 4.69) is 25.3 Å². The molecule has 4 aromatic rings. The number of sulfonamides is 1. The van der Waals surface area contributed by atoms with Crippen molar-refractivity contribution in [2.45, 2.75) is 68.0 Å². The third-order valence-corrected chi connectivity index (χ3v) is 10.1. The first kappa shape index (κ1) is 30.0. The van der Waals surface area contributed by atoms with E-state index in [1.807, 2.05) is 17.0 Å². The predicted octanol–water partition coefficient (Wildman–Crippen LogP) is 4.99. The molecule has 7 rings (SSSR count). The maximum Gasteiger partial charge on any atom is 0.293 e. The molecule has 0 bridgehead atoms. The second kappa shape index (κ2) is 12.2. The number of benzene rings is 2. The van der Waals surface area contributed by atoms with Crippen molar-refractivity contribution in [1.29, 1.82) is 0 Å². The lowest BCUT2D eigenvalue weighted by Crippen LogP contribution is -2.38. The average Bonchev–Trinajstić information content (AvgIpc) is 3.79. The quantitative estimate of drug-likeness (QED) is 0.144. The minimum absolute atomic E-state index is 0.0488. The molecule has 0 atom stereocenters. The number of fused-ring (bicyclic) bond motifs is 2. The fraction of sp³-hybridized carbons (Fsp3) is 0.375. The van der Waals surface area contributed by atoms with Gasteiger partial charge in [-0.2, -0.15) is 4.98 Å². The normalized spacial score (nSPS) is 20.0. The molecule has 0 radical (unpaired) electrons. The van der Waals surface area contributed by atoms with Gasteiger partial charge in [-0.05, 0) is 81.3 Å². The summed E-state index contributed by atoms with van der Waals surface area (Å²) < 4.78 is 34.9. The van der Waals surface area contributed by atoms with Crippen molar-refractivity contribution in [2.24, 2.45) is 0 Å². The summed E-state index contributed by atoms with van der Waals surface area (Å²) in [4.78, 5) is 34.2. The van der Waals surface area contributed by atoms with Crippen LogP contribution in [0.2, 0.25) is 0 Å². The molecule has 2 fully saturated rings. The molecule has 4 N–H and O–H groups in total. The zero-order valence-electron chi connectivity index (χ0n) is 25.1. The number of nitrogens with zero attached hydrogens (tertiary/aromatic N) is 3. The van der Waals surface area contributed by atoms with E-state index < -0.39 is 20.9 Å². The van der Waals surface area contributed by atoms with Crippen molar-refractivity contribution in [1.82, 2.24) is 20.0 Å². The highest BCUT2D eigenvalue weighted by atomic mass is 32.2. The van der Waals surface area contributed by atoms with E-state index in [-0.39, 0.29) is 27.9 Å². The van der Waals surface area contributed by atoms with Gasteiger partial charge in [-0.3, -0.25) is 14.9 Å². The molecule has 1 amide bonds. The minimum Gasteiger partial charge on any atom is -0.476 e. The number of anilines is 3. The van der Waals surface area contributed by atoms with Crippen molar-refractivity contribution in [2.75, 3.05) is 23.4 Å². The van der Waals surface area contributed by atoms with Gasteiger partial charge in [0.15, 0.2) is 0 Å². The van der Waals surface area contributed by atoms with Gasteiger partial charge < -0.3 is 25.3 Å². The molecule has 2 aromatic heterocycles. The number of ether oxygens (including phenoxy) is 1. The van der Waals surface area contributed by atoms with E-state index >= 15 is 0 Å². The number of aromatic amines is 1. The molecule has 0 saturated heterocycles. The van der Waals surface area contributed by atoms with Gasteiger partial charge in [0.05, 0.1) is 27.7 Å². The molecule has 240 valence electrons. The lowest BCUT2D eigenvalue weighted by molar-refractivity contribution is -0.384. The summed E-state index contributed by atoms with van der Waals surface area (Å²) in [6, 6.07) is 15.3. The molecule has 14 heteroatoms. The highest BCUT2D eigenvalue weighted by molar-refractivity contribution is 7.90. The van der Waals surface area contributed by atoms with Gasteiger partial charge in [-0.1, -0.05) is 12.1 Å². The number of pyridine rings is 1. The molecule has 2 aromatic carbocycles. The van der Waals surface area contributed by atoms with Gasteiger partial charge in [-0.15, -0.1) is 0 Å². The van der Waals surface area contributed by atoms with E-state index in [0.717, 1.165) is 37.1 Å². The van der Waals surface area contributed by atoms with Crippen molar-refractivity contribution in [3.05, 3.63) is 76.5 Å². The Balaban J connectivity index is 1.11. The average molecular weight is 646 g/mol. The number of amides is 1. The van der Waals surface area contributed by atoms with Crippen LogP contribution in [0, 0.1) is 10.1 Å². The van der Waals surface area contributed by atoms with Gasteiger partial charge in [0, 0.05) is 42.3 Å². The number of hydrogen-bond acceptors (Lipinski definition) is 10. The van der Waals surface area contributed by atoms with E-state index in [1.165, 1.54) is 31.0 Å². The molecule has 13 nitrogen and oxygen atoms in total.